The van der Waals surface area contributed by atoms with E-state index in [9.17, 15) is 0 Å². The highest BCUT2D eigenvalue weighted by Gasteiger charge is 2.19. The molecular weight excluding hydrogens is 420 g/mol. The lowest BCUT2D eigenvalue weighted by atomic mass is 10.0. The molecule has 9 heteroatoms. The fraction of sp³-hybridized carbons (Fsp3) is 0.235. The van der Waals surface area contributed by atoms with Crippen LogP contribution in [0.25, 0.3) is 22.2 Å². The summed E-state index contributed by atoms with van der Waals surface area (Å²) in [4.78, 5) is 10.9. The van der Waals surface area contributed by atoms with E-state index in [0.29, 0.717) is 22.9 Å². The van der Waals surface area contributed by atoms with Gasteiger partial charge in [0.1, 0.15) is 11.5 Å². The van der Waals surface area contributed by atoms with Crippen molar-refractivity contribution in [2.75, 3.05) is 14.2 Å². The van der Waals surface area contributed by atoms with Gasteiger partial charge in [-0.3, -0.25) is 0 Å². The minimum Gasteiger partial charge on any atom is -0.497 e. The van der Waals surface area contributed by atoms with Crippen LogP contribution in [-0.4, -0.2) is 29.2 Å². The van der Waals surface area contributed by atoms with E-state index in [1.807, 2.05) is 30.3 Å². The molecule has 5 nitrogen and oxygen atoms in total. The van der Waals surface area contributed by atoms with Gasteiger partial charge in [-0.05, 0) is 30.3 Å². The van der Waals surface area contributed by atoms with Gasteiger partial charge in [0.25, 0.3) is 0 Å². The molecule has 0 aliphatic carbocycles. The molecule has 0 radical (unpaired) electrons. The number of rotatable bonds is 5. The summed E-state index contributed by atoms with van der Waals surface area (Å²) < 4.78 is 10.8. The number of ether oxygens (including phenoxy) is 2. The second kappa shape index (κ2) is 8.01. The van der Waals surface area contributed by atoms with Gasteiger partial charge in [-0.25, -0.2) is 15.0 Å². The normalized spacial score (nSPS) is 11.4. The van der Waals surface area contributed by atoms with E-state index in [1.54, 1.807) is 14.2 Å². The molecule has 0 saturated carbocycles. The van der Waals surface area contributed by atoms with Crippen molar-refractivity contribution in [2.24, 2.45) is 0 Å². The van der Waals surface area contributed by atoms with Gasteiger partial charge in [-0.1, -0.05) is 46.4 Å². The van der Waals surface area contributed by atoms with Crippen LogP contribution in [0.1, 0.15) is 21.3 Å². The second-order valence-corrected chi connectivity index (χ2v) is 7.40. The first-order valence-corrected chi connectivity index (χ1v) is 9.16. The third-order valence-corrected chi connectivity index (χ3v) is 4.49. The zero-order valence-corrected chi connectivity index (χ0v) is 16.7. The van der Waals surface area contributed by atoms with Gasteiger partial charge in [0.05, 0.1) is 14.2 Å². The fourth-order valence-corrected chi connectivity index (χ4v) is 2.91. The van der Waals surface area contributed by atoms with E-state index >= 15 is 0 Å². The number of halogens is 4. The number of methoxy groups -OCH3 is 2. The maximum atomic E-state index is 5.94. The number of alkyl halides is 4. The Labute approximate surface area is 170 Å². The number of benzene rings is 2. The Kier molecular flexibility index (Phi) is 5.92. The van der Waals surface area contributed by atoms with Crippen LogP contribution in [0.5, 0.6) is 11.5 Å². The van der Waals surface area contributed by atoms with Crippen LogP contribution in [0.15, 0.2) is 30.3 Å². The molecule has 0 fully saturated rings. The Bertz CT molecular complexity index is 924. The van der Waals surface area contributed by atoms with Crippen molar-refractivity contribution in [3.05, 3.63) is 42.0 Å². The number of hydrogen-bond acceptors (Lipinski definition) is 5. The monoisotopic (exact) mass is 431 g/mol. The molecule has 0 unspecified atom stereocenters. The van der Waals surface area contributed by atoms with Gasteiger partial charge in [0, 0.05) is 16.3 Å². The summed E-state index contributed by atoms with van der Waals surface area (Å²) in [6, 6.07) is 9.27. The van der Waals surface area contributed by atoms with Crippen molar-refractivity contribution >= 4 is 57.2 Å². The molecule has 0 spiro atoms. The zero-order chi connectivity index (χ0) is 18.8. The van der Waals surface area contributed by atoms with Crippen molar-refractivity contribution in [1.29, 1.82) is 0 Å². The van der Waals surface area contributed by atoms with E-state index in [1.165, 1.54) is 0 Å². The lowest BCUT2D eigenvalue weighted by Crippen LogP contribution is -2.05. The molecule has 0 saturated heterocycles. The van der Waals surface area contributed by atoms with Crippen molar-refractivity contribution in [1.82, 2.24) is 15.0 Å². The van der Waals surface area contributed by atoms with Crippen LogP contribution in [0, 0.1) is 0 Å². The second-order valence-electron chi connectivity index (χ2n) is 5.20. The maximum Gasteiger partial charge on any atom is 0.167 e. The highest BCUT2D eigenvalue weighted by atomic mass is 35.5. The highest BCUT2D eigenvalue weighted by Crippen LogP contribution is 2.36. The molecule has 3 aromatic rings. The minimum atomic E-state index is -0.943. The maximum absolute atomic E-state index is 5.94. The number of hydrogen-bond donors (Lipinski definition) is 0. The first-order chi connectivity index (χ1) is 12.4. The van der Waals surface area contributed by atoms with Crippen LogP contribution in [-0.2, 0) is 0 Å². The number of nitrogens with zero attached hydrogens (tertiary/aromatic N) is 3. The van der Waals surface area contributed by atoms with Gasteiger partial charge >= 0.3 is 0 Å². The third-order valence-electron chi connectivity index (χ3n) is 3.70. The number of aromatic nitrogens is 3. The van der Waals surface area contributed by atoms with Gasteiger partial charge in [0.15, 0.2) is 27.1 Å². The summed E-state index contributed by atoms with van der Waals surface area (Å²) in [6.45, 7) is 0. The molecule has 2 aromatic carbocycles. The van der Waals surface area contributed by atoms with Crippen LogP contribution >= 0.6 is 46.4 Å². The summed E-state index contributed by atoms with van der Waals surface area (Å²) in [6.07, 6.45) is 0. The van der Waals surface area contributed by atoms with E-state index in [0.717, 1.165) is 10.8 Å². The summed E-state index contributed by atoms with van der Waals surface area (Å²) in [5.74, 6) is 2.09. The van der Waals surface area contributed by atoms with E-state index in [-0.39, 0.29) is 11.6 Å². The van der Waals surface area contributed by atoms with Crippen LogP contribution in [0.2, 0.25) is 0 Å². The van der Waals surface area contributed by atoms with Crippen LogP contribution < -0.4 is 9.47 Å². The molecule has 136 valence electrons. The first kappa shape index (κ1) is 19.2. The van der Waals surface area contributed by atoms with Gasteiger partial charge in [0.2, 0.25) is 0 Å². The van der Waals surface area contributed by atoms with Crippen molar-refractivity contribution in [3.8, 4) is 22.9 Å². The Balaban J connectivity index is 2.31. The van der Waals surface area contributed by atoms with E-state index in [4.69, 9.17) is 55.9 Å². The van der Waals surface area contributed by atoms with Gasteiger partial charge in [-0.2, -0.15) is 0 Å². The SMILES string of the molecule is COc1ccc2c(OC)ccc(-c3nc(C(Cl)Cl)nc(C(Cl)Cl)n3)c2c1. The Hall–Kier alpha value is -1.53. The average Bonchev–Trinajstić information content (AvgIpc) is 2.66. The van der Waals surface area contributed by atoms with Crippen molar-refractivity contribution < 1.29 is 9.47 Å². The molecule has 0 amide bonds. The molecule has 0 N–H and O–H groups in total. The molecule has 0 bridgehead atoms. The molecule has 3 rings (SSSR count). The predicted molar refractivity (Wildman–Crippen MR) is 105 cm³/mol. The highest BCUT2D eigenvalue weighted by molar-refractivity contribution is 6.44. The topological polar surface area (TPSA) is 57.1 Å². The third kappa shape index (κ3) is 3.76. The van der Waals surface area contributed by atoms with E-state index < -0.39 is 9.67 Å². The zero-order valence-electron chi connectivity index (χ0n) is 13.7. The molecule has 0 aliphatic rings. The van der Waals surface area contributed by atoms with Crippen molar-refractivity contribution in [3.63, 3.8) is 0 Å². The molecule has 0 atom stereocenters. The largest absolute Gasteiger partial charge is 0.497 e. The molecule has 1 heterocycles. The predicted octanol–water partition coefficient (Wildman–Crippen LogP) is 5.66. The fourth-order valence-electron chi connectivity index (χ4n) is 2.52. The standard InChI is InChI=1S/C17H13Cl4N3O2/c1-25-8-3-4-9-11(7-8)10(5-6-12(9)26-2)15-22-16(13(18)19)24-17(23-15)14(20)21/h3-7,13-14H,1-2H3. The summed E-state index contributed by atoms with van der Waals surface area (Å²) in [5, 5.41) is 1.70. The summed E-state index contributed by atoms with van der Waals surface area (Å²) >= 11 is 23.8. The quantitative estimate of drug-likeness (QED) is 0.486. The van der Waals surface area contributed by atoms with Gasteiger partial charge in [-0.15, -0.1) is 0 Å². The molecule has 26 heavy (non-hydrogen) atoms. The van der Waals surface area contributed by atoms with Crippen LogP contribution in [0.4, 0.5) is 0 Å². The number of fused-ring (bicyclic) bond motifs is 1. The summed E-state index contributed by atoms with van der Waals surface area (Å²) in [5.41, 5.74) is 0.715. The van der Waals surface area contributed by atoms with E-state index in [2.05, 4.69) is 15.0 Å². The van der Waals surface area contributed by atoms with Crippen molar-refractivity contribution in [2.45, 2.75) is 9.67 Å². The van der Waals surface area contributed by atoms with Gasteiger partial charge < -0.3 is 9.47 Å². The lowest BCUT2D eigenvalue weighted by molar-refractivity contribution is 0.414. The lowest BCUT2D eigenvalue weighted by Gasteiger charge is -2.13. The van der Waals surface area contributed by atoms with Crippen LogP contribution in [0.3, 0.4) is 0 Å². The average molecular weight is 433 g/mol. The Morgan fingerprint density at radius 1 is 0.769 bits per heavy atom. The summed E-state index contributed by atoms with van der Waals surface area (Å²) in [7, 11) is 3.20. The molecular formula is C17H13Cl4N3O2. The molecule has 0 aliphatic heterocycles. The Morgan fingerprint density at radius 3 is 1.96 bits per heavy atom. The minimum absolute atomic E-state index is 0.173. The first-order valence-electron chi connectivity index (χ1n) is 7.42. The molecule has 1 aromatic heterocycles. The smallest absolute Gasteiger partial charge is 0.167 e. The Morgan fingerprint density at radius 2 is 1.42 bits per heavy atom.